The van der Waals surface area contributed by atoms with E-state index in [0.717, 1.165) is 32.5 Å². The standard InChI is InChI=1S/C20H21N3O/c21-8-3-9-23-10-6-20(7-11-23)18-13-16-5-2-1-4-15(16)12-17(18)14-19(24)22-20/h1-2,4-5,12-13H,3,6-7,9-11,14H2,(H,22,24). The number of nitriles is 1. The van der Waals surface area contributed by atoms with Crippen LogP contribution in [0.2, 0.25) is 0 Å². The highest BCUT2D eigenvalue weighted by molar-refractivity contribution is 5.89. The fourth-order valence-electron chi connectivity index (χ4n) is 4.19. The number of likely N-dealkylation sites (tertiary alicyclic amines) is 1. The smallest absolute Gasteiger partial charge is 0.225 e. The first-order valence-corrected chi connectivity index (χ1v) is 8.63. The molecule has 1 saturated heterocycles. The van der Waals surface area contributed by atoms with Crippen molar-refractivity contribution in [2.75, 3.05) is 19.6 Å². The minimum atomic E-state index is -0.238. The van der Waals surface area contributed by atoms with Crippen LogP contribution in [0.4, 0.5) is 0 Å². The van der Waals surface area contributed by atoms with Crippen molar-refractivity contribution in [3.8, 4) is 6.07 Å². The van der Waals surface area contributed by atoms with E-state index in [2.05, 4.69) is 46.6 Å². The Kier molecular flexibility index (Phi) is 3.74. The molecule has 24 heavy (non-hydrogen) atoms. The number of fused-ring (bicyclic) bond motifs is 3. The molecule has 4 nitrogen and oxygen atoms in total. The van der Waals surface area contributed by atoms with Crippen LogP contribution in [0, 0.1) is 11.3 Å². The lowest BCUT2D eigenvalue weighted by Gasteiger charge is -2.45. The topological polar surface area (TPSA) is 56.1 Å². The van der Waals surface area contributed by atoms with Gasteiger partial charge in [-0.1, -0.05) is 30.3 Å². The Hall–Kier alpha value is -2.38. The summed E-state index contributed by atoms with van der Waals surface area (Å²) in [6, 6.07) is 15.0. The zero-order valence-corrected chi connectivity index (χ0v) is 13.7. The Morgan fingerprint density at radius 1 is 1.17 bits per heavy atom. The summed E-state index contributed by atoms with van der Waals surface area (Å²) in [6.07, 6.45) is 2.87. The number of piperidine rings is 1. The van der Waals surface area contributed by atoms with Gasteiger partial charge in [0.25, 0.3) is 0 Å². The molecule has 2 aliphatic rings. The highest BCUT2D eigenvalue weighted by atomic mass is 16.1. The minimum Gasteiger partial charge on any atom is -0.346 e. The maximum Gasteiger partial charge on any atom is 0.225 e. The second-order valence-corrected chi connectivity index (χ2v) is 6.91. The summed E-state index contributed by atoms with van der Waals surface area (Å²) >= 11 is 0. The number of amides is 1. The Labute approximate surface area is 142 Å². The van der Waals surface area contributed by atoms with E-state index in [1.54, 1.807) is 0 Å². The van der Waals surface area contributed by atoms with Gasteiger partial charge in [-0.3, -0.25) is 4.79 Å². The number of benzene rings is 2. The van der Waals surface area contributed by atoms with Crippen LogP contribution >= 0.6 is 0 Å². The van der Waals surface area contributed by atoms with Gasteiger partial charge in [-0.25, -0.2) is 0 Å². The third-order valence-corrected chi connectivity index (χ3v) is 5.47. The number of carbonyl (C=O) groups is 1. The van der Waals surface area contributed by atoms with E-state index in [0.29, 0.717) is 12.8 Å². The summed E-state index contributed by atoms with van der Waals surface area (Å²) in [5.41, 5.74) is 2.22. The molecule has 2 aromatic rings. The van der Waals surface area contributed by atoms with Gasteiger partial charge in [0.1, 0.15) is 0 Å². The molecule has 4 rings (SSSR count). The highest BCUT2D eigenvalue weighted by Crippen LogP contribution is 2.39. The Morgan fingerprint density at radius 3 is 2.58 bits per heavy atom. The zero-order chi connectivity index (χ0) is 16.6. The van der Waals surface area contributed by atoms with Gasteiger partial charge in [-0.15, -0.1) is 0 Å². The van der Waals surface area contributed by atoms with Gasteiger partial charge in [0, 0.05) is 26.1 Å². The molecule has 2 aliphatic heterocycles. The molecule has 1 fully saturated rings. The summed E-state index contributed by atoms with van der Waals surface area (Å²) in [5, 5.41) is 14.5. The lowest BCUT2D eigenvalue weighted by molar-refractivity contribution is -0.124. The number of hydrogen-bond donors (Lipinski definition) is 1. The Morgan fingerprint density at radius 2 is 1.88 bits per heavy atom. The van der Waals surface area contributed by atoms with E-state index in [9.17, 15) is 4.79 Å². The first-order valence-electron chi connectivity index (χ1n) is 8.63. The van der Waals surface area contributed by atoms with Gasteiger partial charge in [0.15, 0.2) is 0 Å². The van der Waals surface area contributed by atoms with Crippen LogP contribution in [0.3, 0.4) is 0 Å². The third kappa shape index (κ3) is 2.55. The summed E-state index contributed by atoms with van der Waals surface area (Å²) in [4.78, 5) is 14.7. The lowest BCUT2D eigenvalue weighted by atomic mass is 9.75. The number of nitrogens with zero attached hydrogens (tertiary/aromatic N) is 2. The van der Waals surface area contributed by atoms with E-state index < -0.39 is 0 Å². The van der Waals surface area contributed by atoms with Gasteiger partial charge in [-0.2, -0.15) is 5.26 Å². The highest BCUT2D eigenvalue weighted by Gasteiger charge is 2.41. The predicted octanol–water partition coefficient (Wildman–Crippen LogP) is 2.72. The first kappa shape index (κ1) is 15.2. The van der Waals surface area contributed by atoms with Crippen molar-refractivity contribution in [2.45, 2.75) is 31.2 Å². The molecule has 1 N–H and O–H groups in total. The van der Waals surface area contributed by atoms with E-state index in [-0.39, 0.29) is 11.4 Å². The van der Waals surface area contributed by atoms with Crippen molar-refractivity contribution in [1.82, 2.24) is 10.2 Å². The second-order valence-electron chi connectivity index (χ2n) is 6.91. The average Bonchev–Trinajstić information content (AvgIpc) is 2.60. The van der Waals surface area contributed by atoms with Crippen LogP contribution in [0.5, 0.6) is 0 Å². The van der Waals surface area contributed by atoms with E-state index in [1.165, 1.54) is 21.9 Å². The van der Waals surface area contributed by atoms with Crippen LogP contribution in [-0.4, -0.2) is 30.4 Å². The lowest BCUT2D eigenvalue weighted by Crippen LogP contribution is -2.56. The molecule has 0 atom stereocenters. The fourth-order valence-corrected chi connectivity index (χ4v) is 4.19. The quantitative estimate of drug-likeness (QED) is 0.926. The third-order valence-electron chi connectivity index (χ3n) is 5.47. The fraction of sp³-hybridized carbons (Fsp3) is 0.400. The molecule has 122 valence electrons. The molecule has 0 unspecified atom stereocenters. The number of carbonyl (C=O) groups excluding carboxylic acids is 1. The monoisotopic (exact) mass is 319 g/mol. The van der Waals surface area contributed by atoms with E-state index in [1.807, 2.05) is 6.07 Å². The zero-order valence-electron chi connectivity index (χ0n) is 13.7. The number of rotatable bonds is 2. The summed E-state index contributed by atoms with van der Waals surface area (Å²) in [6.45, 7) is 2.67. The largest absolute Gasteiger partial charge is 0.346 e. The molecule has 0 radical (unpaired) electrons. The summed E-state index contributed by atoms with van der Waals surface area (Å²) in [7, 11) is 0. The van der Waals surface area contributed by atoms with Crippen LogP contribution in [0.25, 0.3) is 10.8 Å². The molecule has 0 aromatic heterocycles. The molecule has 0 aliphatic carbocycles. The van der Waals surface area contributed by atoms with Gasteiger partial charge < -0.3 is 10.2 Å². The van der Waals surface area contributed by atoms with Gasteiger partial charge >= 0.3 is 0 Å². The molecule has 0 bridgehead atoms. The maximum atomic E-state index is 12.3. The minimum absolute atomic E-state index is 0.128. The molecule has 1 amide bonds. The van der Waals surface area contributed by atoms with Crippen molar-refractivity contribution in [3.05, 3.63) is 47.5 Å². The van der Waals surface area contributed by atoms with Crippen LogP contribution < -0.4 is 5.32 Å². The molecule has 0 saturated carbocycles. The molecule has 2 aromatic carbocycles. The number of nitrogens with one attached hydrogen (secondary N) is 1. The summed E-state index contributed by atoms with van der Waals surface area (Å²) < 4.78 is 0. The molecule has 2 heterocycles. The Balaban J connectivity index is 1.70. The van der Waals surface area contributed by atoms with Crippen LogP contribution in [0.1, 0.15) is 30.4 Å². The van der Waals surface area contributed by atoms with Crippen LogP contribution in [-0.2, 0) is 16.8 Å². The molecular weight excluding hydrogens is 298 g/mol. The normalized spacial score (nSPS) is 19.7. The Bertz CT molecular complexity index is 828. The predicted molar refractivity (Wildman–Crippen MR) is 93.4 cm³/mol. The second kappa shape index (κ2) is 5.92. The van der Waals surface area contributed by atoms with Crippen LogP contribution in [0.15, 0.2) is 36.4 Å². The van der Waals surface area contributed by atoms with E-state index >= 15 is 0 Å². The van der Waals surface area contributed by atoms with E-state index in [4.69, 9.17) is 5.26 Å². The number of hydrogen-bond acceptors (Lipinski definition) is 3. The van der Waals surface area contributed by atoms with Crippen molar-refractivity contribution in [3.63, 3.8) is 0 Å². The first-order chi connectivity index (χ1) is 11.7. The maximum absolute atomic E-state index is 12.3. The van der Waals surface area contributed by atoms with Gasteiger partial charge in [0.05, 0.1) is 18.0 Å². The SMILES string of the molecule is N#CCCN1CCC2(CC1)NC(=O)Cc1cc3ccccc3cc12. The molecule has 1 spiro atoms. The van der Waals surface area contributed by atoms with Crippen molar-refractivity contribution in [2.24, 2.45) is 0 Å². The average molecular weight is 319 g/mol. The van der Waals surface area contributed by atoms with Crippen molar-refractivity contribution < 1.29 is 4.79 Å². The summed E-state index contributed by atoms with van der Waals surface area (Å²) in [5.74, 6) is 0.128. The van der Waals surface area contributed by atoms with Crippen molar-refractivity contribution >= 4 is 16.7 Å². The van der Waals surface area contributed by atoms with Gasteiger partial charge in [-0.05, 0) is 40.8 Å². The molecule has 4 heteroatoms. The molecular formula is C20H21N3O. The van der Waals surface area contributed by atoms with Gasteiger partial charge in [0.2, 0.25) is 5.91 Å². The van der Waals surface area contributed by atoms with Crippen molar-refractivity contribution in [1.29, 1.82) is 5.26 Å².